The molecule has 0 unspecified atom stereocenters. The van der Waals surface area contributed by atoms with Crippen molar-refractivity contribution in [2.24, 2.45) is 11.1 Å². The second-order valence-electron chi connectivity index (χ2n) is 11.8. The Hall–Kier alpha value is -4.06. The number of carbonyl (C=O) groups is 1. The van der Waals surface area contributed by atoms with E-state index in [0.717, 1.165) is 32.4 Å². The topological polar surface area (TPSA) is 135 Å². The first-order valence-corrected chi connectivity index (χ1v) is 13.4. The predicted molar refractivity (Wildman–Crippen MR) is 149 cm³/mol. The Kier molecular flexibility index (Phi) is 6.06. The van der Waals surface area contributed by atoms with Gasteiger partial charge in [-0.15, -0.1) is 0 Å². The largest absolute Gasteiger partial charge is 0.443 e. The molecule has 2 aliphatic rings. The summed E-state index contributed by atoms with van der Waals surface area (Å²) in [6.45, 7) is 8.61. The number of amides is 1. The summed E-state index contributed by atoms with van der Waals surface area (Å²) in [5.74, 6) is 1.12. The van der Waals surface area contributed by atoms with Crippen molar-refractivity contribution in [3.63, 3.8) is 0 Å². The standard InChI is InChI=1S/C28H33FN8O3/c1-15-31-12-17(13-32-15)39-25-34-23-21(24(35-25)37-9-8-28(14-37)7-6-20(28)30)18-10-16(29)11-19(22(18)33-23)36(5)26(38)40-27(2,3)4/h10-13,20H,6-9,14,30H2,1-5H3,(H,33,34,35)/t20-,28+/m0/s1. The number of nitrogens with zero attached hydrogens (tertiary/aromatic N) is 6. The fourth-order valence-electron chi connectivity index (χ4n) is 5.62. The predicted octanol–water partition coefficient (Wildman–Crippen LogP) is 4.83. The SMILES string of the molecule is Cc1ncc(Oc2nc(N3CC[C@]4(CC[C@@H]4N)C3)c3c(n2)[nH]c2c(N(C)C(=O)OC(C)(C)C)cc(F)cc23)cn1. The number of ether oxygens (including phenoxy) is 2. The number of hydrogen-bond donors (Lipinski definition) is 2. The Morgan fingerprint density at radius 1 is 1.23 bits per heavy atom. The van der Waals surface area contributed by atoms with Gasteiger partial charge in [-0.2, -0.15) is 9.97 Å². The van der Waals surface area contributed by atoms with Crippen molar-refractivity contribution in [1.82, 2.24) is 24.9 Å². The highest BCUT2D eigenvalue weighted by atomic mass is 19.1. The van der Waals surface area contributed by atoms with Gasteiger partial charge in [0.15, 0.2) is 5.75 Å². The number of halogens is 1. The average Bonchev–Trinajstić information content (AvgIpc) is 3.51. The number of aryl methyl sites for hydroxylation is 1. The summed E-state index contributed by atoms with van der Waals surface area (Å²) >= 11 is 0. The Labute approximate surface area is 230 Å². The minimum absolute atomic E-state index is 0.0442. The Morgan fingerprint density at radius 2 is 1.98 bits per heavy atom. The molecule has 1 aliphatic carbocycles. The summed E-state index contributed by atoms with van der Waals surface area (Å²) in [4.78, 5) is 37.5. The molecule has 3 aromatic heterocycles. The number of H-pyrrole nitrogens is 1. The van der Waals surface area contributed by atoms with Gasteiger partial charge in [0.25, 0.3) is 0 Å². The van der Waals surface area contributed by atoms with Crippen molar-refractivity contribution in [2.45, 2.75) is 58.6 Å². The first-order chi connectivity index (χ1) is 18.9. The van der Waals surface area contributed by atoms with Crippen molar-refractivity contribution in [1.29, 1.82) is 0 Å². The summed E-state index contributed by atoms with van der Waals surface area (Å²) in [7, 11) is 1.55. The van der Waals surface area contributed by atoms with Crippen LogP contribution in [0.15, 0.2) is 24.5 Å². The van der Waals surface area contributed by atoms with E-state index in [9.17, 15) is 4.79 Å². The molecular formula is C28H33FN8O3. The monoisotopic (exact) mass is 548 g/mol. The lowest BCUT2D eigenvalue weighted by molar-refractivity contribution is 0.0589. The van der Waals surface area contributed by atoms with Gasteiger partial charge in [0.2, 0.25) is 0 Å². The first kappa shape index (κ1) is 26.2. The molecule has 2 fully saturated rings. The number of hydrogen-bond acceptors (Lipinski definition) is 9. The van der Waals surface area contributed by atoms with Crippen LogP contribution >= 0.6 is 0 Å². The third-order valence-corrected chi connectivity index (χ3v) is 7.88. The van der Waals surface area contributed by atoms with Gasteiger partial charge in [0.1, 0.15) is 28.7 Å². The number of aromatic nitrogens is 5. The van der Waals surface area contributed by atoms with Gasteiger partial charge in [-0.25, -0.2) is 19.2 Å². The molecule has 210 valence electrons. The molecule has 6 rings (SSSR count). The Morgan fingerprint density at radius 3 is 2.60 bits per heavy atom. The smallest absolute Gasteiger partial charge is 0.414 e. The van der Waals surface area contributed by atoms with E-state index in [4.69, 9.17) is 20.2 Å². The summed E-state index contributed by atoms with van der Waals surface area (Å²) in [5, 5.41) is 1.20. The maximum absolute atomic E-state index is 15.1. The van der Waals surface area contributed by atoms with Gasteiger partial charge in [0.05, 0.1) is 29.0 Å². The molecule has 40 heavy (non-hydrogen) atoms. The maximum atomic E-state index is 15.1. The van der Waals surface area contributed by atoms with E-state index < -0.39 is 17.5 Å². The molecule has 1 saturated carbocycles. The van der Waals surface area contributed by atoms with E-state index in [1.54, 1.807) is 47.1 Å². The normalized spacial score (nSPS) is 20.8. The van der Waals surface area contributed by atoms with Crippen molar-refractivity contribution >= 4 is 39.5 Å². The van der Waals surface area contributed by atoms with Crippen LogP contribution in [0, 0.1) is 18.2 Å². The quantitative estimate of drug-likeness (QED) is 0.367. The molecule has 1 amide bonds. The first-order valence-electron chi connectivity index (χ1n) is 13.4. The lowest BCUT2D eigenvalue weighted by atomic mass is 9.64. The highest BCUT2D eigenvalue weighted by Gasteiger charge is 2.49. The number of benzene rings is 1. The van der Waals surface area contributed by atoms with Crippen molar-refractivity contribution in [2.75, 3.05) is 29.9 Å². The molecule has 4 aromatic rings. The second-order valence-corrected chi connectivity index (χ2v) is 11.8. The number of fused-ring (bicyclic) bond motifs is 3. The van der Waals surface area contributed by atoms with E-state index in [1.807, 2.05) is 0 Å². The van der Waals surface area contributed by atoms with E-state index in [2.05, 4.69) is 24.8 Å². The lowest BCUT2D eigenvalue weighted by Gasteiger charge is -2.44. The van der Waals surface area contributed by atoms with Crippen LogP contribution in [0.3, 0.4) is 0 Å². The molecule has 0 radical (unpaired) electrons. The average molecular weight is 549 g/mol. The van der Waals surface area contributed by atoms with Crippen LogP contribution < -0.4 is 20.3 Å². The third kappa shape index (κ3) is 4.55. The molecular weight excluding hydrogens is 515 g/mol. The van der Waals surface area contributed by atoms with Gasteiger partial charge in [0, 0.05) is 37.0 Å². The summed E-state index contributed by atoms with van der Waals surface area (Å²) in [6, 6.07) is 2.98. The van der Waals surface area contributed by atoms with Crippen LogP contribution in [0.5, 0.6) is 11.8 Å². The Bertz CT molecular complexity index is 1620. The van der Waals surface area contributed by atoms with Crippen molar-refractivity contribution in [3.05, 3.63) is 36.2 Å². The lowest BCUT2D eigenvalue weighted by Crippen LogP contribution is -2.52. The molecule has 2 atom stereocenters. The van der Waals surface area contributed by atoms with Crippen LogP contribution in [0.4, 0.5) is 20.7 Å². The molecule has 1 saturated heterocycles. The zero-order chi connectivity index (χ0) is 28.4. The summed E-state index contributed by atoms with van der Waals surface area (Å²) < 4.78 is 26.6. The zero-order valence-corrected chi connectivity index (χ0v) is 23.3. The third-order valence-electron chi connectivity index (χ3n) is 7.88. The van der Waals surface area contributed by atoms with Crippen LogP contribution in [0.25, 0.3) is 21.9 Å². The van der Waals surface area contributed by atoms with Crippen LogP contribution in [0.2, 0.25) is 0 Å². The minimum Gasteiger partial charge on any atom is -0.443 e. The van der Waals surface area contributed by atoms with Gasteiger partial charge >= 0.3 is 12.1 Å². The number of aromatic amines is 1. The van der Waals surface area contributed by atoms with Gasteiger partial charge in [-0.05, 0) is 59.1 Å². The van der Waals surface area contributed by atoms with Crippen LogP contribution in [-0.2, 0) is 4.74 Å². The maximum Gasteiger partial charge on any atom is 0.414 e. The van der Waals surface area contributed by atoms with E-state index in [1.165, 1.54) is 17.0 Å². The zero-order valence-electron chi connectivity index (χ0n) is 23.3. The number of carbonyl (C=O) groups excluding carboxylic acids is 1. The van der Waals surface area contributed by atoms with Crippen molar-refractivity contribution < 1.29 is 18.7 Å². The minimum atomic E-state index is -0.711. The van der Waals surface area contributed by atoms with E-state index in [0.29, 0.717) is 45.0 Å². The molecule has 4 heterocycles. The summed E-state index contributed by atoms with van der Waals surface area (Å²) in [5.41, 5.74) is 7.07. The van der Waals surface area contributed by atoms with Crippen LogP contribution in [-0.4, -0.2) is 62.8 Å². The van der Waals surface area contributed by atoms with Gasteiger partial charge in [-0.1, -0.05) is 0 Å². The molecule has 12 heteroatoms. The Balaban J connectivity index is 1.50. The molecule has 11 nitrogen and oxygen atoms in total. The van der Waals surface area contributed by atoms with Gasteiger partial charge in [-0.3, -0.25) is 4.90 Å². The van der Waals surface area contributed by atoms with Crippen molar-refractivity contribution in [3.8, 4) is 11.8 Å². The highest BCUT2D eigenvalue weighted by molar-refractivity contribution is 6.16. The number of rotatable bonds is 4. The molecule has 1 spiro atoms. The van der Waals surface area contributed by atoms with Crippen LogP contribution in [0.1, 0.15) is 45.9 Å². The number of nitrogens with two attached hydrogens (primary N) is 1. The second kappa shape index (κ2) is 9.26. The molecule has 0 bridgehead atoms. The van der Waals surface area contributed by atoms with E-state index in [-0.39, 0.29) is 17.5 Å². The fraction of sp³-hybridized carbons (Fsp3) is 0.464. The molecule has 3 N–H and O–H groups in total. The number of nitrogens with one attached hydrogen (secondary N) is 1. The molecule has 1 aromatic carbocycles. The summed E-state index contributed by atoms with van der Waals surface area (Å²) in [6.07, 6.45) is 5.53. The number of anilines is 2. The fourth-order valence-corrected chi connectivity index (χ4v) is 5.62. The van der Waals surface area contributed by atoms with Gasteiger partial charge < -0.3 is 25.1 Å². The highest BCUT2D eigenvalue weighted by Crippen LogP contribution is 2.49. The van der Waals surface area contributed by atoms with E-state index >= 15 is 4.39 Å². The molecule has 1 aliphatic heterocycles.